The van der Waals surface area contributed by atoms with Gasteiger partial charge in [0.2, 0.25) is 0 Å². The standard InChI is InChI=1S/C17H17F2NO4/c1-9-8-24-14(7-15(21)22)16(9)17(23)20(3)10(2)11-4-5-12(18)13(19)6-11/h4-6,8,10H,7H2,1-3H3,(H,21,22). The van der Waals surface area contributed by atoms with Gasteiger partial charge in [0.05, 0.1) is 17.9 Å². The summed E-state index contributed by atoms with van der Waals surface area (Å²) in [5.74, 6) is -3.46. The first-order valence-corrected chi connectivity index (χ1v) is 7.23. The maximum absolute atomic E-state index is 13.4. The molecular formula is C17H17F2NO4. The van der Waals surface area contributed by atoms with E-state index < -0.39 is 36.0 Å². The minimum absolute atomic E-state index is 0.0642. The Kier molecular flexibility index (Phi) is 5.02. The maximum atomic E-state index is 13.4. The summed E-state index contributed by atoms with van der Waals surface area (Å²) in [5.41, 5.74) is 1.11. The number of hydrogen-bond donors (Lipinski definition) is 1. The summed E-state index contributed by atoms with van der Waals surface area (Å²) >= 11 is 0. The van der Waals surface area contributed by atoms with Crippen LogP contribution in [0.1, 0.15) is 40.2 Å². The summed E-state index contributed by atoms with van der Waals surface area (Å²) in [4.78, 5) is 24.9. The van der Waals surface area contributed by atoms with Crippen LogP contribution in [0.5, 0.6) is 0 Å². The Balaban J connectivity index is 2.30. The summed E-state index contributed by atoms with van der Waals surface area (Å²) < 4.78 is 31.6. The van der Waals surface area contributed by atoms with Gasteiger partial charge in [0.15, 0.2) is 11.6 Å². The van der Waals surface area contributed by atoms with E-state index >= 15 is 0 Å². The predicted molar refractivity (Wildman–Crippen MR) is 81.7 cm³/mol. The Morgan fingerprint density at radius 2 is 1.96 bits per heavy atom. The molecular weight excluding hydrogens is 320 g/mol. The van der Waals surface area contributed by atoms with Gasteiger partial charge in [-0.05, 0) is 31.5 Å². The highest BCUT2D eigenvalue weighted by atomic mass is 19.2. The Hall–Kier alpha value is -2.70. The second-order valence-corrected chi connectivity index (χ2v) is 5.55. The number of carboxylic acids is 1. The van der Waals surface area contributed by atoms with Gasteiger partial charge < -0.3 is 14.4 Å². The first-order valence-electron chi connectivity index (χ1n) is 7.23. The largest absolute Gasteiger partial charge is 0.481 e. The molecule has 1 atom stereocenters. The lowest BCUT2D eigenvalue weighted by molar-refractivity contribution is -0.136. The van der Waals surface area contributed by atoms with Crippen LogP contribution in [0.25, 0.3) is 0 Å². The SMILES string of the molecule is Cc1coc(CC(=O)O)c1C(=O)N(C)C(C)c1ccc(F)c(F)c1. The van der Waals surface area contributed by atoms with Crippen molar-refractivity contribution in [1.29, 1.82) is 0 Å². The van der Waals surface area contributed by atoms with E-state index in [4.69, 9.17) is 9.52 Å². The fourth-order valence-corrected chi connectivity index (χ4v) is 2.40. The number of furan rings is 1. The van der Waals surface area contributed by atoms with E-state index in [1.165, 1.54) is 24.3 Å². The van der Waals surface area contributed by atoms with E-state index in [1.54, 1.807) is 13.8 Å². The number of carbonyl (C=O) groups is 2. The van der Waals surface area contributed by atoms with E-state index in [-0.39, 0.29) is 11.3 Å². The molecule has 0 bridgehead atoms. The van der Waals surface area contributed by atoms with E-state index in [0.717, 1.165) is 12.1 Å². The second-order valence-electron chi connectivity index (χ2n) is 5.55. The molecule has 24 heavy (non-hydrogen) atoms. The Labute approximate surface area is 137 Å². The molecule has 0 aliphatic carbocycles. The summed E-state index contributed by atoms with van der Waals surface area (Å²) in [6.45, 7) is 3.30. The van der Waals surface area contributed by atoms with Crippen molar-refractivity contribution in [3.63, 3.8) is 0 Å². The molecule has 1 heterocycles. The third-order valence-electron chi connectivity index (χ3n) is 3.90. The van der Waals surface area contributed by atoms with Gasteiger partial charge in [-0.3, -0.25) is 9.59 Å². The summed E-state index contributed by atoms with van der Waals surface area (Å²) in [7, 11) is 1.51. The number of carbonyl (C=O) groups excluding carboxylic acids is 1. The highest BCUT2D eigenvalue weighted by Gasteiger charge is 2.26. The molecule has 0 saturated heterocycles. The molecule has 1 N–H and O–H groups in total. The van der Waals surface area contributed by atoms with Gasteiger partial charge in [0.1, 0.15) is 12.2 Å². The maximum Gasteiger partial charge on any atom is 0.311 e. The lowest BCUT2D eigenvalue weighted by Gasteiger charge is -2.25. The molecule has 1 aromatic heterocycles. The zero-order chi connectivity index (χ0) is 18.0. The molecule has 0 fully saturated rings. The lowest BCUT2D eigenvalue weighted by atomic mass is 10.0. The average Bonchev–Trinajstić information content (AvgIpc) is 2.87. The van der Waals surface area contributed by atoms with Crippen molar-refractivity contribution in [1.82, 2.24) is 4.90 Å². The molecule has 0 saturated carbocycles. The molecule has 1 unspecified atom stereocenters. The van der Waals surface area contributed by atoms with Crippen LogP contribution < -0.4 is 0 Å². The van der Waals surface area contributed by atoms with Crippen LogP contribution in [-0.2, 0) is 11.2 Å². The number of aryl methyl sites for hydroxylation is 1. The first-order chi connectivity index (χ1) is 11.2. The molecule has 2 rings (SSSR count). The fraction of sp³-hybridized carbons (Fsp3) is 0.294. The van der Waals surface area contributed by atoms with Gasteiger partial charge in [-0.1, -0.05) is 6.07 Å². The highest BCUT2D eigenvalue weighted by molar-refractivity contribution is 5.97. The Morgan fingerprint density at radius 1 is 1.29 bits per heavy atom. The molecule has 128 valence electrons. The molecule has 7 heteroatoms. The van der Waals surface area contributed by atoms with E-state index in [2.05, 4.69) is 0 Å². The minimum Gasteiger partial charge on any atom is -0.481 e. The monoisotopic (exact) mass is 337 g/mol. The van der Waals surface area contributed by atoms with Crippen molar-refractivity contribution < 1.29 is 27.9 Å². The smallest absolute Gasteiger partial charge is 0.311 e. The zero-order valence-electron chi connectivity index (χ0n) is 13.5. The fourth-order valence-electron chi connectivity index (χ4n) is 2.40. The summed E-state index contributed by atoms with van der Waals surface area (Å²) in [5, 5.41) is 8.90. The number of halogens is 2. The normalized spacial score (nSPS) is 12.0. The van der Waals surface area contributed by atoms with Crippen molar-refractivity contribution in [3.8, 4) is 0 Å². The minimum atomic E-state index is -1.12. The average molecular weight is 337 g/mol. The Bertz CT molecular complexity index is 785. The van der Waals surface area contributed by atoms with Gasteiger partial charge in [0.25, 0.3) is 5.91 Å². The molecule has 0 aliphatic heterocycles. The molecule has 0 spiro atoms. The third-order valence-corrected chi connectivity index (χ3v) is 3.90. The zero-order valence-corrected chi connectivity index (χ0v) is 13.5. The van der Waals surface area contributed by atoms with Crippen LogP contribution in [-0.4, -0.2) is 28.9 Å². The van der Waals surface area contributed by atoms with Gasteiger partial charge >= 0.3 is 5.97 Å². The first kappa shape index (κ1) is 17.7. The second kappa shape index (κ2) is 6.82. The summed E-state index contributed by atoms with van der Waals surface area (Å²) in [6.07, 6.45) is 0.907. The van der Waals surface area contributed by atoms with Crippen LogP contribution in [0.4, 0.5) is 8.78 Å². The van der Waals surface area contributed by atoms with Crippen LogP contribution in [0.15, 0.2) is 28.9 Å². The number of rotatable bonds is 5. The quantitative estimate of drug-likeness (QED) is 0.908. The van der Waals surface area contributed by atoms with Crippen molar-refractivity contribution in [2.24, 2.45) is 0 Å². The van der Waals surface area contributed by atoms with Gasteiger partial charge in [-0.25, -0.2) is 8.78 Å². The predicted octanol–water partition coefficient (Wildman–Crippen LogP) is 3.33. The number of benzene rings is 1. The van der Waals surface area contributed by atoms with Gasteiger partial charge in [0, 0.05) is 12.6 Å². The molecule has 1 aromatic carbocycles. The van der Waals surface area contributed by atoms with Crippen molar-refractivity contribution in [2.45, 2.75) is 26.3 Å². The number of aliphatic carboxylic acids is 1. The molecule has 2 aromatic rings. The summed E-state index contributed by atoms with van der Waals surface area (Å²) in [6, 6.07) is 2.88. The molecule has 1 amide bonds. The lowest BCUT2D eigenvalue weighted by Crippen LogP contribution is -2.30. The number of amides is 1. The van der Waals surface area contributed by atoms with Crippen molar-refractivity contribution in [3.05, 3.63) is 58.5 Å². The van der Waals surface area contributed by atoms with Crippen LogP contribution in [0.3, 0.4) is 0 Å². The van der Waals surface area contributed by atoms with Gasteiger partial charge in [-0.2, -0.15) is 0 Å². The molecule has 5 nitrogen and oxygen atoms in total. The van der Waals surface area contributed by atoms with Crippen molar-refractivity contribution >= 4 is 11.9 Å². The van der Waals surface area contributed by atoms with Crippen LogP contribution in [0, 0.1) is 18.6 Å². The van der Waals surface area contributed by atoms with E-state index in [1.807, 2.05) is 0 Å². The third kappa shape index (κ3) is 3.45. The van der Waals surface area contributed by atoms with Crippen LogP contribution >= 0.6 is 0 Å². The van der Waals surface area contributed by atoms with E-state index in [9.17, 15) is 18.4 Å². The Morgan fingerprint density at radius 3 is 2.54 bits per heavy atom. The highest BCUT2D eigenvalue weighted by Crippen LogP contribution is 2.26. The van der Waals surface area contributed by atoms with E-state index in [0.29, 0.717) is 11.1 Å². The number of hydrogen-bond acceptors (Lipinski definition) is 3. The topological polar surface area (TPSA) is 70.7 Å². The van der Waals surface area contributed by atoms with Crippen LogP contribution in [0.2, 0.25) is 0 Å². The molecule has 0 radical (unpaired) electrons. The number of nitrogens with zero attached hydrogens (tertiary/aromatic N) is 1. The number of carboxylic acid groups (broad SMARTS) is 1. The molecule has 0 aliphatic rings. The van der Waals surface area contributed by atoms with Crippen molar-refractivity contribution in [2.75, 3.05) is 7.05 Å². The van der Waals surface area contributed by atoms with Gasteiger partial charge in [-0.15, -0.1) is 0 Å².